The molecule has 0 saturated carbocycles. The van der Waals surface area contributed by atoms with E-state index in [4.69, 9.17) is 4.74 Å². The van der Waals surface area contributed by atoms with Gasteiger partial charge in [-0.05, 0) is 38.0 Å². The summed E-state index contributed by atoms with van der Waals surface area (Å²) in [5, 5.41) is 0. The number of aryl methyl sites for hydroxylation is 1. The second-order valence-corrected chi connectivity index (χ2v) is 7.58. The number of hydrogen-bond donors (Lipinski definition) is 0. The minimum Gasteiger partial charge on any atom is -0.473 e. The summed E-state index contributed by atoms with van der Waals surface area (Å²) in [6, 6.07) is 6.69. The number of hydrogen-bond acceptors (Lipinski definition) is 5. The molecule has 1 aromatic carbocycles. The summed E-state index contributed by atoms with van der Waals surface area (Å²) in [4.78, 5) is 8.13. The van der Waals surface area contributed by atoms with Gasteiger partial charge < -0.3 is 4.74 Å². The van der Waals surface area contributed by atoms with Gasteiger partial charge in [0.25, 0.3) is 0 Å². The standard InChI is InChI=1S/C16H18FN3O3S/c1-12-18-8-7-16(19-12)23-14-5-3-9-20(11-14)24(21,22)15-6-2-4-13(17)10-15/h2,4,6-8,10,14H,3,5,9,11H2,1H3. The SMILES string of the molecule is Cc1nccc(OC2CCCN(S(=O)(=O)c3cccc(F)c3)C2)n1. The number of aromatic nitrogens is 2. The fourth-order valence-electron chi connectivity index (χ4n) is 2.67. The molecule has 0 aliphatic carbocycles. The van der Waals surface area contributed by atoms with Crippen molar-refractivity contribution in [3.8, 4) is 5.88 Å². The van der Waals surface area contributed by atoms with E-state index in [-0.39, 0.29) is 17.5 Å². The van der Waals surface area contributed by atoms with E-state index in [9.17, 15) is 12.8 Å². The molecular formula is C16H18FN3O3S. The molecular weight excluding hydrogens is 333 g/mol. The van der Waals surface area contributed by atoms with Crippen LogP contribution in [0.1, 0.15) is 18.7 Å². The molecule has 2 aromatic rings. The average molecular weight is 351 g/mol. The highest BCUT2D eigenvalue weighted by Gasteiger charge is 2.31. The largest absolute Gasteiger partial charge is 0.473 e. The van der Waals surface area contributed by atoms with Crippen LogP contribution in [-0.4, -0.2) is 41.9 Å². The third kappa shape index (κ3) is 3.70. The Morgan fingerprint density at radius 1 is 1.33 bits per heavy atom. The predicted octanol–water partition coefficient (Wildman–Crippen LogP) is 2.16. The third-order valence-corrected chi connectivity index (χ3v) is 5.67. The van der Waals surface area contributed by atoms with Crippen molar-refractivity contribution in [1.82, 2.24) is 14.3 Å². The fourth-order valence-corrected chi connectivity index (χ4v) is 4.21. The molecule has 0 spiro atoms. The quantitative estimate of drug-likeness (QED) is 0.844. The molecule has 1 atom stereocenters. The van der Waals surface area contributed by atoms with Crippen LogP contribution in [0, 0.1) is 12.7 Å². The highest BCUT2D eigenvalue weighted by atomic mass is 32.2. The third-order valence-electron chi connectivity index (χ3n) is 3.81. The Bertz CT molecular complexity index is 829. The van der Waals surface area contributed by atoms with E-state index in [2.05, 4.69) is 9.97 Å². The van der Waals surface area contributed by atoms with Crippen LogP contribution >= 0.6 is 0 Å². The highest BCUT2D eigenvalue weighted by molar-refractivity contribution is 7.89. The van der Waals surface area contributed by atoms with Gasteiger partial charge in [-0.25, -0.2) is 17.8 Å². The second kappa shape index (κ2) is 6.82. The van der Waals surface area contributed by atoms with Crippen molar-refractivity contribution in [2.45, 2.75) is 30.8 Å². The van der Waals surface area contributed by atoms with Gasteiger partial charge in [0.2, 0.25) is 15.9 Å². The first-order valence-electron chi connectivity index (χ1n) is 7.67. The van der Waals surface area contributed by atoms with Crippen LogP contribution in [0.2, 0.25) is 0 Å². The van der Waals surface area contributed by atoms with Crippen LogP contribution in [0.4, 0.5) is 4.39 Å². The van der Waals surface area contributed by atoms with E-state index in [1.165, 1.54) is 22.5 Å². The molecule has 1 aliphatic rings. The van der Waals surface area contributed by atoms with E-state index >= 15 is 0 Å². The lowest BCUT2D eigenvalue weighted by molar-refractivity contribution is 0.124. The zero-order chi connectivity index (χ0) is 17.2. The minimum absolute atomic E-state index is 0.0407. The molecule has 1 aromatic heterocycles. The zero-order valence-electron chi connectivity index (χ0n) is 13.2. The van der Waals surface area contributed by atoms with Gasteiger partial charge in [0, 0.05) is 18.8 Å². The summed E-state index contributed by atoms with van der Waals surface area (Å²) in [6.45, 7) is 2.36. The average Bonchev–Trinajstić information content (AvgIpc) is 2.55. The maximum atomic E-state index is 13.3. The predicted molar refractivity (Wildman–Crippen MR) is 85.6 cm³/mol. The Labute approximate surface area is 140 Å². The van der Waals surface area contributed by atoms with Crippen molar-refractivity contribution in [2.24, 2.45) is 0 Å². The van der Waals surface area contributed by atoms with E-state index in [0.717, 1.165) is 12.5 Å². The lowest BCUT2D eigenvalue weighted by atomic mass is 10.1. The Balaban J connectivity index is 1.75. The molecule has 0 bridgehead atoms. The molecule has 2 heterocycles. The van der Waals surface area contributed by atoms with Crippen molar-refractivity contribution < 1.29 is 17.5 Å². The maximum absolute atomic E-state index is 13.3. The molecule has 128 valence electrons. The molecule has 0 N–H and O–H groups in total. The number of rotatable bonds is 4. The van der Waals surface area contributed by atoms with E-state index in [1.54, 1.807) is 19.2 Å². The summed E-state index contributed by atoms with van der Waals surface area (Å²) in [7, 11) is -3.74. The van der Waals surface area contributed by atoms with Gasteiger partial charge in [-0.15, -0.1) is 0 Å². The minimum atomic E-state index is -3.74. The molecule has 24 heavy (non-hydrogen) atoms. The Hall–Kier alpha value is -2.06. The first kappa shape index (κ1) is 16.8. The fraction of sp³-hybridized carbons (Fsp3) is 0.375. The smallest absolute Gasteiger partial charge is 0.243 e. The van der Waals surface area contributed by atoms with Gasteiger partial charge >= 0.3 is 0 Å². The van der Waals surface area contributed by atoms with Crippen LogP contribution in [0.15, 0.2) is 41.4 Å². The van der Waals surface area contributed by atoms with Gasteiger partial charge in [0.1, 0.15) is 17.7 Å². The number of nitrogens with zero attached hydrogens (tertiary/aromatic N) is 3. The second-order valence-electron chi connectivity index (χ2n) is 5.64. The molecule has 8 heteroatoms. The van der Waals surface area contributed by atoms with Crippen LogP contribution in [0.5, 0.6) is 5.88 Å². The number of ether oxygens (including phenoxy) is 1. The molecule has 0 radical (unpaired) electrons. The van der Waals surface area contributed by atoms with Crippen molar-refractivity contribution in [3.05, 3.63) is 48.2 Å². The molecule has 6 nitrogen and oxygen atoms in total. The van der Waals surface area contributed by atoms with Gasteiger partial charge in [0.15, 0.2) is 0 Å². The summed E-state index contributed by atoms with van der Waals surface area (Å²) >= 11 is 0. The van der Waals surface area contributed by atoms with Crippen LogP contribution in [0.25, 0.3) is 0 Å². The highest BCUT2D eigenvalue weighted by Crippen LogP contribution is 2.23. The lowest BCUT2D eigenvalue weighted by Gasteiger charge is -2.31. The molecule has 3 rings (SSSR count). The van der Waals surface area contributed by atoms with Crippen LogP contribution in [0.3, 0.4) is 0 Å². The van der Waals surface area contributed by atoms with E-state index in [0.29, 0.717) is 24.7 Å². The van der Waals surface area contributed by atoms with Gasteiger partial charge in [0.05, 0.1) is 11.4 Å². The summed E-state index contributed by atoms with van der Waals surface area (Å²) in [5.74, 6) is 0.447. The van der Waals surface area contributed by atoms with Crippen molar-refractivity contribution in [2.75, 3.05) is 13.1 Å². The zero-order valence-corrected chi connectivity index (χ0v) is 14.0. The van der Waals surface area contributed by atoms with E-state index in [1.807, 2.05) is 0 Å². The first-order chi connectivity index (χ1) is 11.4. The first-order valence-corrected chi connectivity index (χ1v) is 9.11. The number of piperidine rings is 1. The Morgan fingerprint density at radius 3 is 2.92 bits per heavy atom. The van der Waals surface area contributed by atoms with Crippen molar-refractivity contribution in [3.63, 3.8) is 0 Å². The van der Waals surface area contributed by atoms with Gasteiger partial charge in [-0.2, -0.15) is 9.29 Å². The van der Waals surface area contributed by atoms with Crippen LogP contribution < -0.4 is 4.74 Å². The van der Waals surface area contributed by atoms with E-state index < -0.39 is 15.8 Å². The number of benzene rings is 1. The van der Waals surface area contributed by atoms with Crippen molar-refractivity contribution >= 4 is 10.0 Å². The Morgan fingerprint density at radius 2 is 2.17 bits per heavy atom. The van der Waals surface area contributed by atoms with Crippen molar-refractivity contribution in [1.29, 1.82) is 0 Å². The maximum Gasteiger partial charge on any atom is 0.243 e. The lowest BCUT2D eigenvalue weighted by Crippen LogP contribution is -2.44. The molecule has 1 unspecified atom stereocenters. The molecule has 1 fully saturated rings. The number of halogens is 1. The monoisotopic (exact) mass is 351 g/mol. The molecule has 1 saturated heterocycles. The number of sulfonamides is 1. The molecule has 0 amide bonds. The summed E-state index contributed by atoms with van der Waals surface area (Å²) < 4.78 is 45.8. The summed E-state index contributed by atoms with van der Waals surface area (Å²) in [5.41, 5.74) is 0. The normalized spacial score (nSPS) is 19.2. The van der Waals surface area contributed by atoms with Gasteiger partial charge in [-0.3, -0.25) is 0 Å². The Kier molecular flexibility index (Phi) is 4.77. The molecule has 1 aliphatic heterocycles. The summed E-state index contributed by atoms with van der Waals surface area (Å²) in [6.07, 6.45) is 2.71. The topological polar surface area (TPSA) is 72.4 Å². The van der Waals surface area contributed by atoms with Crippen LogP contribution in [-0.2, 0) is 10.0 Å². The van der Waals surface area contributed by atoms with Gasteiger partial charge in [-0.1, -0.05) is 6.07 Å².